The summed E-state index contributed by atoms with van der Waals surface area (Å²) in [6, 6.07) is 7.94. The van der Waals surface area contributed by atoms with Gasteiger partial charge in [-0.3, -0.25) is 9.59 Å². The van der Waals surface area contributed by atoms with Gasteiger partial charge in [-0.1, -0.05) is 60.8 Å². The molecule has 6 nitrogen and oxygen atoms in total. The average molecular weight is 397 g/mol. The smallest absolute Gasteiger partial charge is 0.234 e. The second-order valence-corrected chi connectivity index (χ2v) is 8.78. The van der Waals surface area contributed by atoms with E-state index in [9.17, 15) is 9.59 Å². The second-order valence-electron chi connectivity index (χ2n) is 5.36. The summed E-state index contributed by atoms with van der Waals surface area (Å²) >= 11 is 3.91. The van der Waals surface area contributed by atoms with Crippen LogP contribution in [0.2, 0.25) is 0 Å². The second kappa shape index (κ2) is 9.79. The van der Waals surface area contributed by atoms with Crippen LogP contribution in [0.4, 0.5) is 5.69 Å². The number of nitrogens with two attached hydrogens (primary N) is 1. The van der Waals surface area contributed by atoms with E-state index in [4.69, 9.17) is 5.73 Å². The molecule has 1 atom stereocenters. The molecule has 2 aromatic rings. The van der Waals surface area contributed by atoms with Crippen molar-refractivity contribution in [1.82, 2.24) is 10.2 Å². The maximum Gasteiger partial charge on any atom is 0.234 e. The third kappa shape index (κ3) is 6.68. The van der Waals surface area contributed by atoms with Crippen LogP contribution in [0, 0.1) is 0 Å². The molecular formula is C16H20N4O2S3. The van der Waals surface area contributed by atoms with Gasteiger partial charge >= 0.3 is 0 Å². The molecule has 0 fully saturated rings. The highest BCUT2D eigenvalue weighted by Gasteiger charge is 2.10. The molecule has 0 spiro atoms. The Morgan fingerprint density at radius 3 is 2.32 bits per heavy atom. The number of aromatic nitrogens is 2. The lowest BCUT2D eigenvalue weighted by Gasteiger charge is -2.10. The van der Waals surface area contributed by atoms with E-state index in [2.05, 4.69) is 29.4 Å². The van der Waals surface area contributed by atoms with Gasteiger partial charge in [-0.15, -0.1) is 10.2 Å². The highest BCUT2D eigenvalue weighted by atomic mass is 32.2. The Morgan fingerprint density at radius 2 is 1.76 bits per heavy atom. The van der Waals surface area contributed by atoms with Crippen molar-refractivity contribution < 1.29 is 9.59 Å². The first kappa shape index (κ1) is 19.7. The van der Waals surface area contributed by atoms with Crippen molar-refractivity contribution in [3.8, 4) is 0 Å². The third-order valence-corrected chi connectivity index (χ3v) is 6.64. The lowest BCUT2D eigenvalue weighted by molar-refractivity contribution is -0.115. The van der Waals surface area contributed by atoms with Gasteiger partial charge in [0.05, 0.1) is 11.5 Å². The average Bonchev–Trinajstić information content (AvgIpc) is 3.06. The highest BCUT2D eigenvalue weighted by molar-refractivity contribution is 8.03. The van der Waals surface area contributed by atoms with Gasteiger partial charge in [-0.2, -0.15) is 0 Å². The van der Waals surface area contributed by atoms with Gasteiger partial charge in [-0.25, -0.2) is 0 Å². The quantitative estimate of drug-likeness (QED) is 0.631. The van der Waals surface area contributed by atoms with Crippen LogP contribution in [0.15, 0.2) is 32.9 Å². The van der Waals surface area contributed by atoms with Gasteiger partial charge in [0.1, 0.15) is 0 Å². The number of thioether (sulfide) groups is 2. The molecule has 0 saturated heterocycles. The van der Waals surface area contributed by atoms with E-state index in [1.807, 2.05) is 24.3 Å². The monoisotopic (exact) mass is 396 g/mol. The number of rotatable bonds is 9. The fourth-order valence-electron chi connectivity index (χ4n) is 1.90. The van der Waals surface area contributed by atoms with E-state index in [0.717, 1.165) is 12.1 Å². The predicted octanol–water partition coefficient (Wildman–Crippen LogP) is 3.36. The summed E-state index contributed by atoms with van der Waals surface area (Å²) in [5.41, 5.74) is 7.14. The van der Waals surface area contributed by atoms with E-state index in [0.29, 0.717) is 14.6 Å². The molecule has 0 radical (unpaired) electrons. The minimum atomic E-state index is -0.395. The van der Waals surface area contributed by atoms with Crippen LogP contribution in [0.1, 0.15) is 31.7 Å². The predicted molar refractivity (Wildman–Crippen MR) is 104 cm³/mol. The maximum atomic E-state index is 12.0. The minimum absolute atomic E-state index is 0.0946. The number of nitrogens with one attached hydrogen (secondary N) is 1. The first-order valence-electron chi connectivity index (χ1n) is 7.75. The molecule has 0 aliphatic carbocycles. The molecule has 25 heavy (non-hydrogen) atoms. The summed E-state index contributed by atoms with van der Waals surface area (Å²) < 4.78 is 1.36. The lowest BCUT2D eigenvalue weighted by Crippen LogP contribution is -2.13. The third-order valence-electron chi connectivity index (χ3n) is 3.43. The molecule has 1 heterocycles. The number of hydrogen-bond donors (Lipinski definition) is 2. The molecule has 0 saturated carbocycles. The van der Waals surface area contributed by atoms with Gasteiger partial charge in [0, 0.05) is 5.69 Å². The number of amides is 2. The zero-order chi connectivity index (χ0) is 18.2. The molecule has 0 bridgehead atoms. The number of nitrogens with zero attached hydrogens (tertiary/aromatic N) is 2. The van der Waals surface area contributed by atoms with E-state index in [1.54, 1.807) is 0 Å². The summed E-state index contributed by atoms with van der Waals surface area (Å²) in [7, 11) is 0. The van der Waals surface area contributed by atoms with Gasteiger partial charge in [0.2, 0.25) is 11.8 Å². The topological polar surface area (TPSA) is 98.0 Å². The number of carbonyl (C=O) groups excluding carboxylic acids is 2. The molecule has 1 aromatic carbocycles. The van der Waals surface area contributed by atoms with Gasteiger partial charge in [0.25, 0.3) is 0 Å². The number of hydrogen-bond acceptors (Lipinski definition) is 7. The molecule has 2 amide bonds. The fraction of sp³-hybridized carbons (Fsp3) is 0.375. The summed E-state index contributed by atoms with van der Waals surface area (Å²) in [6.45, 7) is 4.34. The van der Waals surface area contributed by atoms with Gasteiger partial charge in [-0.05, 0) is 30.0 Å². The standard InChI is InChI=1S/C16H20N4O2S3/c1-3-10(2)11-4-6-12(7-5-11)18-14(22)9-24-16-20-19-15(25-16)23-8-13(17)21/h4-7,10H,3,8-9H2,1-2H3,(H2,17,21)(H,18,22)/t10-/m0/s1. The van der Waals surface area contributed by atoms with Crippen molar-refractivity contribution in [3.05, 3.63) is 29.8 Å². The van der Waals surface area contributed by atoms with E-state index < -0.39 is 5.91 Å². The van der Waals surface area contributed by atoms with Gasteiger partial charge < -0.3 is 11.1 Å². The van der Waals surface area contributed by atoms with Crippen molar-refractivity contribution in [1.29, 1.82) is 0 Å². The van der Waals surface area contributed by atoms with E-state index in [1.165, 1.54) is 40.4 Å². The number of anilines is 1. The van der Waals surface area contributed by atoms with Crippen LogP contribution in [0.5, 0.6) is 0 Å². The molecule has 2 rings (SSSR count). The largest absolute Gasteiger partial charge is 0.369 e. The Kier molecular flexibility index (Phi) is 7.73. The Balaban J connectivity index is 1.79. The minimum Gasteiger partial charge on any atom is -0.369 e. The highest BCUT2D eigenvalue weighted by Crippen LogP contribution is 2.28. The molecule has 0 aliphatic heterocycles. The summed E-state index contributed by atoms with van der Waals surface area (Å²) in [4.78, 5) is 22.8. The molecule has 134 valence electrons. The first-order chi connectivity index (χ1) is 12.0. The molecule has 3 N–H and O–H groups in total. The van der Waals surface area contributed by atoms with Gasteiger partial charge in [0.15, 0.2) is 8.68 Å². The van der Waals surface area contributed by atoms with Crippen LogP contribution < -0.4 is 11.1 Å². The zero-order valence-corrected chi connectivity index (χ0v) is 16.5. The first-order valence-corrected chi connectivity index (χ1v) is 10.5. The summed E-state index contributed by atoms with van der Waals surface area (Å²) in [6.07, 6.45) is 1.09. The van der Waals surface area contributed by atoms with E-state index >= 15 is 0 Å². The number of carbonyl (C=O) groups is 2. The number of primary amides is 1. The Bertz CT molecular complexity index is 718. The normalized spacial score (nSPS) is 11.9. The van der Waals surface area contributed by atoms with Crippen molar-refractivity contribution >= 4 is 52.4 Å². The Hall–Kier alpha value is -1.58. The van der Waals surface area contributed by atoms with Crippen LogP contribution in [0.3, 0.4) is 0 Å². The molecular weight excluding hydrogens is 376 g/mol. The molecule has 1 aromatic heterocycles. The molecule has 0 aliphatic rings. The van der Waals surface area contributed by atoms with Crippen molar-refractivity contribution in [2.24, 2.45) is 5.73 Å². The maximum absolute atomic E-state index is 12.0. The lowest BCUT2D eigenvalue weighted by atomic mass is 9.99. The molecule has 0 unspecified atom stereocenters. The van der Waals surface area contributed by atoms with Crippen molar-refractivity contribution in [2.75, 3.05) is 16.8 Å². The Labute approximate surface area is 159 Å². The van der Waals surface area contributed by atoms with Crippen LogP contribution in [-0.2, 0) is 9.59 Å². The summed E-state index contributed by atoms with van der Waals surface area (Å²) in [5.74, 6) is 0.449. The van der Waals surface area contributed by atoms with Crippen LogP contribution in [0.25, 0.3) is 0 Å². The SMILES string of the molecule is CC[C@H](C)c1ccc(NC(=O)CSc2nnc(SCC(N)=O)s2)cc1. The van der Waals surface area contributed by atoms with Crippen LogP contribution in [-0.4, -0.2) is 33.5 Å². The van der Waals surface area contributed by atoms with E-state index in [-0.39, 0.29) is 17.4 Å². The molecule has 9 heteroatoms. The fourth-order valence-corrected chi connectivity index (χ4v) is 4.46. The van der Waals surface area contributed by atoms with Crippen molar-refractivity contribution in [2.45, 2.75) is 34.9 Å². The zero-order valence-electron chi connectivity index (χ0n) is 14.0. The Morgan fingerprint density at radius 1 is 1.16 bits per heavy atom. The van der Waals surface area contributed by atoms with Crippen LogP contribution >= 0.6 is 34.9 Å². The summed E-state index contributed by atoms with van der Waals surface area (Å²) in [5, 5.41) is 10.8. The van der Waals surface area contributed by atoms with Crippen molar-refractivity contribution in [3.63, 3.8) is 0 Å². The number of benzene rings is 1.